The van der Waals surface area contributed by atoms with E-state index in [4.69, 9.17) is 9.47 Å². The van der Waals surface area contributed by atoms with Crippen LogP contribution in [0.2, 0.25) is 0 Å². The largest absolute Gasteiger partial charge is 0.380 e. The second-order valence-corrected chi connectivity index (χ2v) is 5.40. The van der Waals surface area contributed by atoms with Crippen molar-refractivity contribution in [3.63, 3.8) is 0 Å². The van der Waals surface area contributed by atoms with Gasteiger partial charge in [0.2, 0.25) is 0 Å². The van der Waals surface area contributed by atoms with Crippen molar-refractivity contribution in [2.75, 3.05) is 27.4 Å². The number of rotatable bonds is 8. The minimum absolute atomic E-state index is 0.639. The van der Waals surface area contributed by atoms with Gasteiger partial charge in [0.1, 0.15) is 0 Å². The standard InChI is InChI=1S/C20H24O2/c1-21-15-19(13-17-9-5-3-6-10-17)20(16-22-2)14-18-11-7-4-8-12-18/h3-12H,13-16H2,1-2H3/b20-19-. The van der Waals surface area contributed by atoms with E-state index in [1.54, 1.807) is 14.2 Å². The number of methoxy groups -OCH3 is 2. The van der Waals surface area contributed by atoms with E-state index in [0.717, 1.165) is 12.8 Å². The van der Waals surface area contributed by atoms with Crippen molar-refractivity contribution in [3.8, 4) is 0 Å². The highest BCUT2D eigenvalue weighted by molar-refractivity contribution is 5.30. The average molecular weight is 296 g/mol. The summed E-state index contributed by atoms with van der Waals surface area (Å²) in [7, 11) is 3.50. The summed E-state index contributed by atoms with van der Waals surface area (Å²) in [4.78, 5) is 0. The van der Waals surface area contributed by atoms with Crippen LogP contribution in [-0.2, 0) is 22.3 Å². The van der Waals surface area contributed by atoms with Crippen molar-refractivity contribution in [2.24, 2.45) is 0 Å². The minimum Gasteiger partial charge on any atom is -0.380 e. The summed E-state index contributed by atoms with van der Waals surface area (Å²) in [6.07, 6.45) is 1.81. The zero-order valence-electron chi connectivity index (χ0n) is 13.4. The Kier molecular flexibility index (Phi) is 6.88. The average Bonchev–Trinajstić information content (AvgIpc) is 2.56. The van der Waals surface area contributed by atoms with Crippen molar-refractivity contribution in [1.29, 1.82) is 0 Å². The predicted molar refractivity (Wildman–Crippen MR) is 91.1 cm³/mol. The van der Waals surface area contributed by atoms with E-state index in [1.165, 1.54) is 22.3 Å². The maximum atomic E-state index is 5.43. The molecule has 0 N–H and O–H groups in total. The quantitative estimate of drug-likeness (QED) is 0.684. The van der Waals surface area contributed by atoms with Gasteiger partial charge in [-0.25, -0.2) is 0 Å². The first-order valence-corrected chi connectivity index (χ1v) is 7.59. The molecule has 0 atom stereocenters. The molecular formula is C20H24O2. The molecule has 116 valence electrons. The summed E-state index contributed by atoms with van der Waals surface area (Å²) in [5.74, 6) is 0. The van der Waals surface area contributed by atoms with E-state index < -0.39 is 0 Å². The Balaban J connectivity index is 2.25. The van der Waals surface area contributed by atoms with Gasteiger partial charge in [0, 0.05) is 14.2 Å². The van der Waals surface area contributed by atoms with Gasteiger partial charge in [0.05, 0.1) is 13.2 Å². The van der Waals surface area contributed by atoms with Crippen LogP contribution in [0.25, 0.3) is 0 Å². The molecule has 0 aliphatic carbocycles. The molecule has 0 aromatic heterocycles. The first-order valence-electron chi connectivity index (χ1n) is 7.59. The lowest BCUT2D eigenvalue weighted by Crippen LogP contribution is -2.09. The van der Waals surface area contributed by atoms with Gasteiger partial charge in [-0.1, -0.05) is 60.7 Å². The summed E-state index contributed by atoms with van der Waals surface area (Å²) in [5.41, 5.74) is 5.21. The maximum Gasteiger partial charge on any atom is 0.0679 e. The molecule has 2 rings (SSSR count). The van der Waals surface area contributed by atoms with Crippen LogP contribution in [0.15, 0.2) is 71.8 Å². The molecule has 0 saturated heterocycles. The number of benzene rings is 2. The van der Waals surface area contributed by atoms with Crippen molar-refractivity contribution in [2.45, 2.75) is 12.8 Å². The Hall–Kier alpha value is -1.90. The van der Waals surface area contributed by atoms with Crippen LogP contribution in [0.1, 0.15) is 11.1 Å². The Morgan fingerprint density at radius 1 is 0.636 bits per heavy atom. The van der Waals surface area contributed by atoms with Crippen LogP contribution in [-0.4, -0.2) is 27.4 Å². The molecular weight excluding hydrogens is 272 g/mol. The second kappa shape index (κ2) is 9.19. The van der Waals surface area contributed by atoms with Crippen LogP contribution in [0, 0.1) is 0 Å². The third kappa shape index (κ3) is 5.14. The molecule has 2 aromatic carbocycles. The van der Waals surface area contributed by atoms with E-state index in [2.05, 4.69) is 48.5 Å². The van der Waals surface area contributed by atoms with E-state index in [0.29, 0.717) is 13.2 Å². The zero-order chi connectivity index (χ0) is 15.6. The fourth-order valence-electron chi connectivity index (χ4n) is 2.59. The van der Waals surface area contributed by atoms with Crippen LogP contribution in [0.4, 0.5) is 0 Å². The molecule has 0 bridgehead atoms. The molecule has 0 fully saturated rings. The molecule has 0 aliphatic rings. The van der Waals surface area contributed by atoms with E-state index in [1.807, 2.05) is 12.1 Å². The minimum atomic E-state index is 0.639. The van der Waals surface area contributed by atoms with Crippen LogP contribution >= 0.6 is 0 Å². The van der Waals surface area contributed by atoms with E-state index >= 15 is 0 Å². The molecule has 2 aromatic rings. The zero-order valence-corrected chi connectivity index (χ0v) is 13.4. The van der Waals surface area contributed by atoms with E-state index in [-0.39, 0.29) is 0 Å². The fourth-order valence-corrected chi connectivity index (χ4v) is 2.59. The number of hydrogen-bond acceptors (Lipinski definition) is 2. The van der Waals surface area contributed by atoms with Gasteiger partial charge in [-0.05, 0) is 35.1 Å². The van der Waals surface area contributed by atoms with Gasteiger partial charge in [0.25, 0.3) is 0 Å². The molecule has 0 heterocycles. The lowest BCUT2D eigenvalue weighted by Gasteiger charge is -2.15. The maximum absolute atomic E-state index is 5.43. The summed E-state index contributed by atoms with van der Waals surface area (Å²) in [6.45, 7) is 1.28. The highest BCUT2D eigenvalue weighted by atomic mass is 16.5. The van der Waals surface area contributed by atoms with Gasteiger partial charge in [-0.15, -0.1) is 0 Å². The normalized spacial score (nSPS) is 12.1. The number of hydrogen-bond donors (Lipinski definition) is 0. The molecule has 22 heavy (non-hydrogen) atoms. The summed E-state index contributed by atoms with van der Waals surface area (Å²) >= 11 is 0. The Labute approximate surface area is 133 Å². The molecule has 2 nitrogen and oxygen atoms in total. The molecule has 0 spiro atoms. The summed E-state index contributed by atoms with van der Waals surface area (Å²) < 4.78 is 10.9. The van der Waals surface area contributed by atoms with Crippen molar-refractivity contribution in [1.82, 2.24) is 0 Å². The topological polar surface area (TPSA) is 18.5 Å². The molecule has 0 unspecified atom stereocenters. The lowest BCUT2D eigenvalue weighted by atomic mass is 9.96. The third-order valence-corrected chi connectivity index (χ3v) is 3.66. The second-order valence-electron chi connectivity index (χ2n) is 5.40. The first-order chi connectivity index (χ1) is 10.8. The molecule has 0 aliphatic heterocycles. The highest BCUT2D eigenvalue weighted by Gasteiger charge is 2.09. The fraction of sp³-hybridized carbons (Fsp3) is 0.300. The van der Waals surface area contributed by atoms with Crippen molar-refractivity contribution >= 4 is 0 Å². The predicted octanol–water partition coefficient (Wildman–Crippen LogP) is 4.06. The molecule has 0 saturated carbocycles. The molecule has 0 radical (unpaired) electrons. The monoisotopic (exact) mass is 296 g/mol. The Bertz CT molecular complexity index is 520. The smallest absolute Gasteiger partial charge is 0.0679 e. The van der Waals surface area contributed by atoms with Gasteiger partial charge in [0.15, 0.2) is 0 Å². The van der Waals surface area contributed by atoms with Crippen LogP contribution < -0.4 is 0 Å². The summed E-state index contributed by atoms with van der Waals surface area (Å²) in [5, 5.41) is 0. The van der Waals surface area contributed by atoms with Gasteiger partial charge in [-0.3, -0.25) is 0 Å². The first kappa shape index (κ1) is 16.5. The summed E-state index contributed by atoms with van der Waals surface area (Å²) in [6, 6.07) is 21.0. The third-order valence-electron chi connectivity index (χ3n) is 3.66. The SMILES string of the molecule is COC/C(Cc1ccccc1)=C(\COC)Cc1ccccc1. The van der Waals surface area contributed by atoms with Crippen molar-refractivity contribution in [3.05, 3.63) is 82.9 Å². The van der Waals surface area contributed by atoms with E-state index in [9.17, 15) is 0 Å². The Morgan fingerprint density at radius 3 is 1.32 bits per heavy atom. The van der Waals surface area contributed by atoms with Crippen LogP contribution in [0.3, 0.4) is 0 Å². The van der Waals surface area contributed by atoms with Gasteiger partial charge < -0.3 is 9.47 Å². The van der Waals surface area contributed by atoms with Crippen molar-refractivity contribution < 1.29 is 9.47 Å². The number of ether oxygens (including phenoxy) is 2. The Morgan fingerprint density at radius 2 is 1.00 bits per heavy atom. The highest BCUT2D eigenvalue weighted by Crippen LogP contribution is 2.17. The van der Waals surface area contributed by atoms with Gasteiger partial charge >= 0.3 is 0 Å². The van der Waals surface area contributed by atoms with Gasteiger partial charge in [-0.2, -0.15) is 0 Å². The van der Waals surface area contributed by atoms with Crippen LogP contribution in [0.5, 0.6) is 0 Å². The molecule has 0 amide bonds. The lowest BCUT2D eigenvalue weighted by molar-refractivity contribution is 0.208. The molecule has 2 heteroatoms.